The van der Waals surface area contributed by atoms with Gasteiger partial charge in [-0.05, 0) is 41.3 Å². The molecule has 6 rings (SSSR count). The Morgan fingerprint density at radius 1 is 0.613 bits per heavy atom. The average molecular weight is 463 g/mol. The SMILES string of the molecule is Brc1ccc(-c2nc3c(c(-c4cccc5ccccc45)n2)CCc2ccccc2-3)cc1. The van der Waals surface area contributed by atoms with Crippen LogP contribution in [0.25, 0.3) is 44.7 Å². The first-order valence-corrected chi connectivity index (χ1v) is 11.3. The Balaban J connectivity index is 1.68. The molecule has 148 valence electrons. The lowest BCUT2D eigenvalue weighted by atomic mass is 9.86. The minimum atomic E-state index is 0.769. The summed E-state index contributed by atoms with van der Waals surface area (Å²) in [5.41, 5.74) is 8.15. The lowest BCUT2D eigenvalue weighted by Gasteiger charge is -2.23. The maximum absolute atomic E-state index is 5.15. The second-order valence-electron chi connectivity index (χ2n) is 7.91. The summed E-state index contributed by atoms with van der Waals surface area (Å²) in [6.07, 6.45) is 1.97. The summed E-state index contributed by atoms with van der Waals surface area (Å²) < 4.78 is 1.05. The van der Waals surface area contributed by atoms with Gasteiger partial charge in [-0.15, -0.1) is 0 Å². The molecule has 0 spiro atoms. The number of halogens is 1. The van der Waals surface area contributed by atoms with Crippen molar-refractivity contribution in [2.24, 2.45) is 0 Å². The van der Waals surface area contributed by atoms with E-state index in [1.54, 1.807) is 0 Å². The van der Waals surface area contributed by atoms with Gasteiger partial charge in [0, 0.05) is 26.7 Å². The third-order valence-corrected chi connectivity index (χ3v) is 6.60. The summed E-state index contributed by atoms with van der Waals surface area (Å²) in [5, 5.41) is 2.46. The molecular formula is C28H19BrN2. The molecule has 5 aromatic rings. The van der Waals surface area contributed by atoms with Crippen LogP contribution in [0.2, 0.25) is 0 Å². The maximum Gasteiger partial charge on any atom is 0.160 e. The average Bonchev–Trinajstić information content (AvgIpc) is 2.83. The van der Waals surface area contributed by atoms with Gasteiger partial charge in [-0.2, -0.15) is 0 Å². The molecule has 0 bridgehead atoms. The Morgan fingerprint density at radius 2 is 1.29 bits per heavy atom. The first kappa shape index (κ1) is 18.5. The first-order chi connectivity index (χ1) is 15.3. The molecule has 1 heterocycles. The highest BCUT2D eigenvalue weighted by Crippen LogP contribution is 2.40. The van der Waals surface area contributed by atoms with Gasteiger partial charge in [0.1, 0.15) is 0 Å². The second kappa shape index (κ2) is 7.44. The highest BCUT2D eigenvalue weighted by atomic mass is 79.9. The molecule has 0 unspecified atom stereocenters. The molecule has 3 heteroatoms. The van der Waals surface area contributed by atoms with Gasteiger partial charge >= 0.3 is 0 Å². The van der Waals surface area contributed by atoms with Crippen LogP contribution in [0.3, 0.4) is 0 Å². The minimum Gasteiger partial charge on any atom is -0.228 e. The molecule has 0 N–H and O–H groups in total. The fourth-order valence-electron chi connectivity index (χ4n) is 4.56. The van der Waals surface area contributed by atoms with Crippen LogP contribution >= 0.6 is 15.9 Å². The summed E-state index contributed by atoms with van der Waals surface area (Å²) in [5.74, 6) is 0.769. The van der Waals surface area contributed by atoms with E-state index in [0.29, 0.717) is 0 Å². The van der Waals surface area contributed by atoms with Crippen molar-refractivity contribution in [3.05, 3.63) is 107 Å². The van der Waals surface area contributed by atoms with Gasteiger partial charge in [0.2, 0.25) is 0 Å². The zero-order valence-corrected chi connectivity index (χ0v) is 18.4. The minimum absolute atomic E-state index is 0.769. The number of fused-ring (bicyclic) bond motifs is 4. The molecular weight excluding hydrogens is 444 g/mol. The van der Waals surface area contributed by atoms with Crippen LogP contribution in [0.1, 0.15) is 11.1 Å². The van der Waals surface area contributed by atoms with Crippen LogP contribution in [0.15, 0.2) is 95.5 Å². The molecule has 0 aliphatic heterocycles. The standard InChI is InChI=1S/C28H19BrN2/c29-21-15-12-20(13-16-21)28-30-26-23-10-4-2-7-19(23)14-17-25(26)27(31-28)24-11-5-8-18-6-1-3-9-22(18)24/h1-13,15-16H,14,17H2. The third kappa shape index (κ3) is 3.17. The Bertz CT molecular complexity index is 1430. The van der Waals surface area contributed by atoms with E-state index in [-0.39, 0.29) is 0 Å². The van der Waals surface area contributed by atoms with Gasteiger partial charge in [-0.25, -0.2) is 9.97 Å². The van der Waals surface area contributed by atoms with Crippen molar-refractivity contribution in [2.45, 2.75) is 12.8 Å². The number of hydrogen-bond donors (Lipinski definition) is 0. The van der Waals surface area contributed by atoms with E-state index in [1.165, 1.54) is 33.0 Å². The smallest absolute Gasteiger partial charge is 0.160 e. The summed E-state index contributed by atoms with van der Waals surface area (Å²) in [6.45, 7) is 0. The molecule has 0 radical (unpaired) electrons. The van der Waals surface area contributed by atoms with Crippen molar-refractivity contribution in [1.82, 2.24) is 9.97 Å². The molecule has 0 fully saturated rings. The normalized spacial score (nSPS) is 12.4. The van der Waals surface area contributed by atoms with E-state index >= 15 is 0 Å². The van der Waals surface area contributed by atoms with Crippen molar-refractivity contribution in [1.29, 1.82) is 0 Å². The number of hydrogen-bond acceptors (Lipinski definition) is 2. The van der Waals surface area contributed by atoms with Crippen molar-refractivity contribution >= 4 is 26.7 Å². The molecule has 31 heavy (non-hydrogen) atoms. The monoisotopic (exact) mass is 462 g/mol. The molecule has 4 aromatic carbocycles. The van der Waals surface area contributed by atoms with Gasteiger partial charge in [-0.1, -0.05) is 94.8 Å². The molecule has 0 amide bonds. The Labute approximate surface area is 189 Å². The van der Waals surface area contributed by atoms with E-state index in [1.807, 2.05) is 12.1 Å². The quantitative estimate of drug-likeness (QED) is 0.271. The van der Waals surface area contributed by atoms with Crippen molar-refractivity contribution in [3.63, 3.8) is 0 Å². The summed E-state index contributed by atoms with van der Waals surface area (Å²) >= 11 is 3.54. The maximum atomic E-state index is 5.15. The largest absolute Gasteiger partial charge is 0.228 e. The van der Waals surface area contributed by atoms with E-state index in [0.717, 1.165) is 40.1 Å². The fraction of sp³-hybridized carbons (Fsp3) is 0.0714. The first-order valence-electron chi connectivity index (χ1n) is 10.5. The Kier molecular flexibility index (Phi) is 4.43. The van der Waals surface area contributed by atoms with E-state index in [4.69, 9.17) is 9.97 Å². The number of aryl methyl sites for hydroxylation is 1. The Hall–Kier alpha value is -3.30. The predicted molar refractivity (Wildman–Crippen MR) is 131 cm³/mol. The number of aromatic nitrogens is 2. The highest BCUT2D eigenvalue weighted by molar-refractivity contribution is 9.10. The lowest BCUT2D eigenvalue weighted by molar-refractivity contribution is 0.916. The summed E-state index contributed by atoms with van der Waals surface area (Å²) in [7, 11) is 0. The molecule has 0 saturated heterocycles. The topological polar surface area (TPSA) is 25.8 Å². The zero-order chi connectivity index (χ0) is 20.8. The summed E-state index contributed by atoms with van der Waals surface area (Å²) in [4.78, 5) is 10.2. The van der Waals surface area contributed by atoms with E-state index in [9.17, 15) is 0 Å². The number of rotatable bonds is 2. The number of benzene rings is 4. The van der Waals surface area contributed by atoms with Crippen LogP contribution in [0.5, 0.6) is 0 Å². The van der Waals surface area contributed by atoms with Gasteiger partial charge < -0.3 is 0 Å². The lowest BCUT2D eigenvalue weighted by Crippen LogP contribution is -2.10. The van der Waals surface area contributed by atoms with Gasteiger partial charge in [0.25, 0.3) is 0 Å². The molecule has 2 nitrogen and oxygen atoms in total. The van der Waals surface area contributed by atoms with Crippen LogP contribution in [0, 0.1) is 0 Å². The van der Waals surface area contributed by atoms with Crippen molar-refractivity contribution < 1.29 is 0 Å². The van der Waals surface area contributed by atoms with Crippen molar-refractivity contribution in [2.75, 3.05) is 0 Å². The van der Waals surface area contributed by atoms with Crippen LogP contribution in [-0.2, 0) is 12.8 Å². The van der Waals surface area contributed by atoms with Gasteiger partial charge in [-0.3, -0.25) is 0 Å². The second-order valence-corrected chi connectivity index (χ2v) is 8.83. The van der Waals surface area contributed by atoms with E-state index in [2.05, 4.69) is 94.8 Å². The van der Waals surface area contributed by atoms with Crippen LogP contribution in [0.4, 0.5) is 0 Å². The predicted octanol–water partition coefficient (Wildman–Crippen LogP) is 7.49. The van der Waals surface area contributed by atoms with Crippen LogP contribution in [-0.4, -0.2) is 9.97 Å². The molecule has 1 aromatic heterocycles. The third-order valence-electron chi connectivity index (χ3n) is 6.07. The number of nitrogens with zero attached hydrogens (tertiary/aromatic N) is 2. The highest BCUT2D eigenvalue weighted by Gasteiger charge is 2.24. The Morgan fingerprint density at radius 3 is 2.16 bits per heavy atom. The fourth-order valence-corrected chi connectivity index (χ4v) is 4.82. The van der Waals surface area contributed by atoms with Crippen molar-refractivity contribution in [3.8, 4) is 33.9 Å². The van der Waals surface area contributed by atoms with Gasteiger partial charge in [0.05, 0.1) is 11.4 Å². The zero-order valence-electron chi connectivity index (χ0n) is 16.8. The summed E-state index contributed by atoms with van der Waals surface area (Å²) in [6, 6.07) is 31.9. The molecule has 1 aliphatic carbocycles. The van der Waals surface area contributed by atoms with Gasteiger partial charge in [0.15, 0.2) is 5.82 Å². The molecule has 1 aliphatic rings. The molecule has 0 atom stereocenters. The molecule has 0 saturated carbocycles. The van der Waals surface area contributed by atoms with Crippen LogP contribution < -0.4 is 0 Å². The van der Waals surface area contributed by atoms with E-state index < -0.39 is 0 Å².